The maximum absolute atomic E-state index is 11.2. The van der Waals surface area contributed by atoms with Crippen LogP contribution < -0.4 is 5.32 Å². The van der Waals surface area contributed by atoms with Crippen molar-refractivity contribution in [2.24, 2.45) is 0 Å². The van der Waals surface area contributed by atoms with E-state index in [0.717, 1.165) is 12.8 Å². The van der Waals surface area contributed by atoms with Crippen molar-refractivity contribution in [1.82, 2.24) is 5.32 Å². The molecule has 0 aromatic heterocycles. The van der Waals surface area contributed by atoms with E-state index in [1.165, 1.54) is 0 Å². The molecule has 1 amide bonds. The van der Waals surface area contributed by atoms with Gasteiger partial charge in [0.1, 0.15) is 6.04 Å². The van der Waals surface area contributed by atoms with Gasteiger partial charge in [-0.3, -0.25) is 0 Å². The van der Waals surface area contributed by atoms with E-state index in [0.29, 0.717) is 18.8 Å². The van der Waals surface area contributed by atoms with E-state index in [4.69, 9.17) is 9.84 Å². The van der Waals surface area contributed by atoms with Crippen LogP contribution in [-0.2, 0) is 9.53 Å². The molecule has 0 aromatic rings. The smallest absolute Gasteiger partial charge is 0.407 e. The Morgan fingerprint density at radius 1 is 1.50 bits per heavy atom. The Balaban J connectivity index is 3.88. The summed E-state index contributed by atoms with van der Waals surface area (Å²) in [5.41, 5.74) is 0. The number of hydrogen-bond acceptors (Lipinski definition) is 4. The molecule has 0 aliphatic heterocycles. The Labute approximate surface area is 99.9 Å². The highest BCUT2D eigenvalue weighted by atomic mass is 32.2. The Morgan fingerprint density at radius 2 is 2.19 bits per heavy atom. The molecule has 0 radical (unpaired) electrons. The molecule has 0 rings (SSSR count). The van der Waals surface area contributed by atoms with Gasteiger partial charge in [-0.1, -0.05) is 13.3 Å². The lowest BCUT2D eigenvalue weighted by Crippen LogP contribution is -2.41. The minimum atomic E-state index is -1.03. The van der Waals surface area contributed by atoms with Crippen molar-refractivity contribution in [3.05, 3.63) is 0 Å². The van der Waals surface area contributed by atoms with Gasteiger partial charge in [0, 0.05) is 0 Å². The highest BCUT2D eigenvalue weighted by Gasteiger charge is 2.19. The Hall–Kier alpha value is -0.910. The van der Waals surface area contributed by atoms with Crippen LogP contribution in [0.1, 0.15) is 26.2 Å². The maximum Gasteiger partial charge on any atom is 0.407 e. The molecule has 0 aromatic carbocycles. The molecule has 0 bridgehead atoms. The molecule has 0 fully saturated rings. The van der Waals surface area contributed by atoms with E-state index in [1.807, 2.05) is 13.2 Å². The molecule has 0 heterocycles. The summed E-state index contributed by atoms with van der Waals surface area (Å²) in [5, 5.41) is 11.2. The number of carboxylic acids is 1. The SMILES string of the molecule is CCCCOC(=O)NC(CCSC)C(=O)O. The van der Waals surface area contributed by atoms with E-state index >= 15 is 0 Å². The van der Waals surface area contributed by atoms with Gasteiger partial charge in [0.25, 0.3) is 0 Å². The van der Waals surface area contributed by atoms with Gasteiger partial charge in [0.2, 0.25) is 0 Å². The third-order valence-corrected chi connectivity index (χ3v) is 2.58. The van der Waals surface area contributed by atoms with Gasteiger partial charge in [-0.25, -0.2) is 9.59 Å². The molecule has 2 N–H and O–H groups in total. The van der Waals surface area contributed by atoms with Crippen LogP contribution in [0.25, 0.3) is 0 Å². The van der Waals surface area contributed by atoms with Crippen LogP contribution in [-0.4, -0.2) is 41.8 Å². The second-order valence-electron chi connectivity index (χ2n) is 3.31. The maximum atomic E-state index is 11.2. The number of ether oxygens (including phenoxy) is 1. The first kappa shape index (κ1) is 15.1. The van der Waals surface area contributed by atoms with Gasteiger partial charge in [-0.05, 0) is 24.9 Å². The van der Waals surface area contributed by atoms with Gasteiger partial charge in [0.05, 0.1) is 6.61 Å². The van der Waals surface area contributed by atoms with Gasteiger partial charge < -0.3 is 15.2 Å². The molecule has 0 saturated carbocycles. The first-order valence-corrected chi connectivity index (χ1v) is 6.66. The number of unbranched alkanes of at least 4 members (excludes halogenated alkanes) is 1. The molecule has 5 nitrogen and oxygen atoms in total. The zero-order valence-electron chi connectivity index (χ0n) is 9.69. The summed E-state index contributed by atoms with van der Waals surface area (Å²) in [4.78, 5) is 22.0. The number of alkyl carbamates (subject to hydrolysis) is 1. The lowest BCUT2D eigenvalue weighted by molar-refractivity contribution is -0.139. The molecule has 16 heavy (non-hydrogen) atoms. The van der Waals surface area contributed by atoms with Crippen molar-refractivity contribution in [2.45, 2.75) is 32.2 Å². The van der Waals surface area contributed by atoms with Crippen LogP contribution in [0.4, 0.5) is 4.79 Å². The fourth-order valence-electron chi connectivity index (χ4n) is 0.986. The highest BCUT2D eigenvalue weighted by molar-refractivity contribution is 7.98. The minimum Gasteiger partial charge on any atom is -0.480 e. The predicted molar refractivity (Wildman–Crippen MR) is 63.8 cm³/mol. The molecule has 94 valence electrons. The molecular formula is C10H19NO4S. The number of amides is 1. The van der Waals surface area contributed by atoms with E-state index in [2.05, 4.69) is 5.32 Å². The van der Waals surface area contributed by atoms with Crippen LogP contribution in [0.5, 0.6) is 0 Å². The lowest BCUT2D eigenvalue weighted by Gasteiger charge is -2.13. The van der Waals surface area contributed by atoms with Crippen LogP contribution in [0.2, 0.25) is 0 Å². The molecule has 0 spiro atoms. The highest BCUT2D eigenvalue weighted by Crippen LogP contribution is 2.01. The van der Waals surface area contributed by atoms with Crippen molar-refractivity contribution in [2.75, 3.05) is 18.6 Å². The number of carbonyl (C=O) groups excluding carboxylic acids is 1. The average Bonchev–Trinajstić information content (AvgIpc) is 2.24. The van der Waals surface area contributed by atoms with Crippen LogP contribution in [0.15, 0.2) is 0 Å². The lowest BCUT2D eigenvalue weighted by atomic mass is 10.2. The number of nitrogens with one attached hydrogen (secondary N) is 1. The first-order valence-electron chi connectivity index (χ1n) is 5.26. The third-order valence-electron chi connectivity index (χ3n) is 1.93. The minimum absolute atomic E-state index is 0.331. The standard InChI is InChI=1S/C10H19NO4S/c1-3-4-6-15-10(14)11-8(9(12)13)5-7-16-2/h8H,3-7H2,1-2H3,(H,11,14)(H,12,13). The van der Waals surface area contributed by atoms with Gasteiger partial charge >= 0.3 is 12.1 Å². The normalized spacial score (nSPS) is 11.9. The quantitative estimate of drug-likeness (QED) is 0.641. The monoisotopic (exact) mass is 249 g/mol. The Morgan fingerprint density at radius 3 is 2.69 bits per heavy atom. The van der Waals surface area contributed by atoms with E-state index < -0.39 is 18.1 Å². The molecule has 0 aliphatic rings. The zero-order valence-corrected chi connectivity index (χ0v) is 10.5. The van der Waals surface area contributed by atoms with Crippen molar-refractivity contribution in [1.29, 1.82) is 0 Å². The first-order chi connectivity index (χ1) is 7.61. The topological polar surface area (TPSA) is 75.6 Å². The summed E-state index contributed by atoms with van der Waals surface area (Å²) in [5.74, 6) is -0.340. The van der Waals surface area contributed by atoms with Gasteiger partial charge in [-0.2, -0.15) is 11.8 Å². The summed E-state index contributed by atoms with van der Waals surface area (Å²) in [6.07, 6.45) is 3.36. The zero-order chi connectivity index (χ0) is 12.4. The van der Waals surface area contributed by atoms with Crippen molar-refractivity contribution in [3.63, 3.8) is 0 Å². The second kappa shape index (κ2) is 9.33. The molecule has 0 saturated heterocycles. The van der Waals surface area contributed by atoms with E-state index in [-0.39, 0.29) is 0 Å². The summed E-state index contributed by atoms with van der Waals surface area (Å²) >= 11 is 1.54. The summed E-state index contributed by atoms with van der Waals surface area (Å²) in [6.45, 7) is 2.32. The third kappa shape index (κ3) is 7.39. The fourth-order valence-corrected chi connectivity index (χ4v) is 1.46. The summed E-state index contributed by atoms with van der Waals surface area (Å²) in [7, 11) is 0. The Bertz CT molecular complexity index is 223. The van der Waals surface area contributed by atoms with Crippen LogP contribution in [0.3, 0.4) is 0 Å². The number of aliphatic carboxylic acids is 1. The molecule has 0 aliphatic carbocycles. The summed E-state index contributed by atoms with van der Waals surface area (Å²) in [6, 6.07) is -0.860. The van der Waals surface area contributed by atoms with Gasteiger partial charge in [0.15, 0.2) is 0 Å². The van der Waals surface area contributed by atoms with E-state index in [1.54, 1.807) is 11.8 Å². The van der Waals surface area contributed by atoms with Crippen molar-refractivity contribution in [3.8, 4) is 0 Å². The predicted octanol–water partition coefficient (Wildman–Crippen LogP) is 1.72. The molecular weight excluding hydrogens is 230 g/mol. The second-order valence-corrected chi connectivity index (χ2v) is 4.29. The fraction of sp³-hybridized carbons (Fsp3) is 0.800. The van der Waals surface area contributed by atoms with Crippen LogP contribution >= 0.6 is 11.8 Å². The van der Waals surface area contributed by atoms with Crippen molar-refractivity contribution >= 4 is 23.8 Å². The number of carbonyl (C=O) groups is 2. The Kier molecular flexibility index (Phi) is 8.80. The van der Waals surface area contributed by atoms with Gasteiger partial charge in [-0.15, -0.1) is 0 Å². The van der Waals surface area contributed by atoms with E-state index in [9.17, 15) is 9.59 Å². The molecule has 1 atom stereocenters. The molecule has 6 heteroatoms. The summed E-state index contributed by atoms with van der Waals surface area (Å²) < 4.78 is 4.82. The number of thioether (sulfide) groups is 1. The number of hydrogen-bond donors (Lipinski definition) is 2. The number of rotatable bonds is 8. The largest absolute Gasteiger partial charge is 0.480 e. The number of carboxylic acid groups (broad SMARTS) is 1. The van der Waals surface area contributed by atoms with Crippen molar-refractivity contribution < 1.29 is 19.4 Å². The van der Waals surface area contributed by atoms with Crippen LogP contribution in [0, 0.1) is 0 Å². The average molecular weight is 249 g/mol. The molecule has 1 unspecified atom stereocenters.